The van der Waals surface area contributed by atoms with Gasteiger partial charge in [0.15, 0.2) is 5.16 Å². The standard InChI is InChI=1S/C22H14Cl2FN3O2S/c23-13-9-10-19(15(24)11-13)28-21(30)14-5-1-3-7-17(14)27-22(28)31-12-20(29)26-18-8-4-2-6-16(18)25/h1-11H,12H2,(H,26,29). The van der Waals surface area contributed by atoms with Crippen molar-refractivity contribution in [2.24, 2.45) is 0 Å². The van der Waals surface area contributed by atoms with Crippen LogP contribution in [0.15, 0.2) is 76.7 Å². The van der Waals surface area contributed by atoms with Crippen LogP contribution in [0, 0.1) is 5.82 Å². The van der Waals surface area contributed by atoms with Gasteiger partial charge in [-0.05, 0) is 42.5 Å². The molecule has 1 heterocycles. The lowest BCUT2D eigenvalue weighted by Gasteiger charge is -2.14. The van der Waals surface area contributed by atoms with E-state index in [4.69, 9.17) is 23.2 Å². The van der Waals surface area contributed by atoms with Crippen LogP contribution in [0.3, 0.4) is 0 Å². The Kier molecular flexibility index (Phi) is 6.27. The van der Waals surface area contributed by atoms with E-state index in [0.717, 1.165) is 11.8 Å². The highest BCUT2D eigenvalue weighted by atomic mass is 35.5. The molecule has 0 aliphatic rings. The molecule has 1 aromatic heterocycles. The number of carbonyl (C=O) groups is 1. The third-order valence-corrected chi connectivity index (χ3v) is 5.85. The Morgan fingerprint density at radius 1 is 1.06 bits per heavy atom. The van der Waals surface area contributed by atoms with Gasteiger partial charge < -0.3 is 5.32 Å². The zero-order valence-electron chi connectivity index (χ0n) is 15.8. The predicted octanol–water partition coefficient (Wildman–Crippen LogP) is 5.56. The normalized spacial score (nSPS) is 10.9. The van der Waals surface area contributed by atoms with E-state index in [-0.39, 0.29) is 27.2 Å². The molecular weight excluding hydrogens is 460 g/mol. The van der Waals surface area contributed by atoms with Crippen molar-refractivity contribution in [1.82, 2.24) is 9.55 Å². The average Bonchev–Trinajstić information content (AvgIpc) is 2.75. The lowest BCUT2D eigenvalue weighted by atomic mass is 10.2. The Bertz CT molecular complexity index is 1360. The smallest absolute Gasteiger partial charge is 0.266 e. The highest BCUT2D eigenvalue weighted by Gasteiger charge is 2.17. The molecule has 3 aromatic carbocycles. The summed E-state index contributed by atoms with van der Waals surface area (Å²) in [5.74, 6) is -1.06. The summed E-state index contributed by atoms with van der Waals surface area (Å²) >= 11 is 13.4. The molecule has 1 N–H and O–H groups in total. The minimum Gasteiger partial charge on any atom is -0.323 e. The summed E-state index contributed by atoms with van der Waals surface area (Å²) in [5, 5.41) is 3.90. The molecule has 0 atom stereocenters. The molecule has 1 amide bonds. The maximum absolute atomic E-state index is 13.8. The SMILES string of the molecule is O=C(CSc1nc2ccccc2c(=O)n1-c1ccc(Cl)cc1Cl)Nc1ccccc1F. The monoisotopic (exact) mass is 473 g/mol. The van der Waals surface area contributed by atoms with Crippen molar-refractivity contribution in [1.29, 1.82) is 0 Å². The van der Waals surface area contributed by atoms with Crippen LogP contribution in [0.5, 0.6) is 0 Å². The minimum atomic E-state index is -0.533. The van der Waals surface area contributed by atoms with Gasteiger partial charge in [-0.2, -0.15) is 0 Å². The number of aromatic nitrogens is 2. The number of carbonyl (C=O) groups excluding carboxylic acids is 1. The Morgan fingerprint density at radius 2 is 1.81 bits per heavy atom. The van der Waals surface area contributed by atoms with Crippen molar-refractivity contribution >= 4 is 57.5 Å². The highest BCUT2D eigenvalue weighted by Crippen LogP contribution is 2.28. The van der Waals surface area contributed by atoms with Gasteiger partial charge in [-0.1, -0.05) is 59.2 Å². The third kappa shape index (κ3) is 4.58. The molecule has 0 saturated heterocycles. The number of amides is 1. The highest BCUT2D eigenvalue weighted by molar-refractivity contribution is 7.99. The first-order chi connectivity index (χ1) is 14.9. The number of anilines is 1. The first-order valence-electron chi connectivity index (χ1n) is 9.08. The molecule has 4 rings (SSSR count). The van der Waals surface area contributed by atoms with Gasteiger partial charge in [-0.3, -0.25) is 14.2 Å². The molecular formula is C22H14Cl2FN3O2S. The molecule has 0 spiro atoms. The maximum atomic E-state index is 13.8. The number of halogens is 3. The molecule has 0 aliphatic heterocycles. The molecule has 0 aliphatic carbocycles. The summed E-state index contributed by atoms with van der Waals surface area (Å²) in [4.78, 5) is 30.2. The second-order valence-corrected chi connectivity index (χ2v) is 8.25. The summed E-state index contributed by atoms with van der Waals surface area (Å²) in [6.07, 6.45) is 0. The zero-order valence-corrected chi connectivity index (χ0v) is 18.1. The molecule has 4 aromatic rings. The van der Waals surface area contributed by atoms with Crippen molar-refractivity contribution < 1.29 is 9.18 Å². The molecule has 9 heteroatoms. The fraction of sp³-hybridized carbons (Fsp3) is 0.0455. The number of rotatable bonds is 5. The van der Waals surface area contributed by atoms with Crippen LogP contribution >= 0.6 is 35.0 Å². The van der Waals surface area contributed by atoms with Crippen LogP contribution < -0.4 is 10.9 Å². The van der Waals surface area contributed by atoms with Gasteiger partial charge in [0.05, 0.1) is 33.1 Å². The number of benzene rings is 3. The van der Waals surface area contributed by atoms with Crippen molar-refractivity contribution in [3.63, 3.8) is 0 Å². The van der Waals surface area contributed by atoms with Gasteiger partial charge in [-0.15, -0.1) is 0 Å². The van der Waals surface area contributed by atoms with E-state index < -0.39 is 11.7 Å². The van der Waals surface area contributed by atoms with E-state index in [1.54, 1.807) is 42.5 Å². The first kappa shape index (κ1) is 21.4. The van der Waals surface area contributed by atoms with Crippen molar-refractivity contribution in [2.75, 3.05) is 11.1 Å². The molecule has 31 heavy (non-hydrogen) atoms. The van der Waals surface area contributed by atoms with E-state index in [2.05, 4.69) is 10.3 Å². The molecule has 0 saturated carbocycles. The Hall–Kier alpha value is -2.87. The summed E-state index contributed by atoms with van der Waals surface area (Å²) in [6.45, 7) is 0. The maximum Gasteiger partial charge on any atom is 0.266 e. The summed E-state index contributed by atoms with van der Waals surface area (Å²) in [5.41, 5.74) is 0.640. The number of nitrogens with one attached hydrogen (secondary N) is 1. The van der Waals surface area contributed by atoms with Crippen LogP contribution in [0.25, 0.3) is 16.6 Å². The fourth-order valence-corrected chi connectivity index (χ4v) is 4.26. The Labute approximate surface area is 190 Å². The molecule has 0 unspecified atom stereocenters. The molecule has 5 nitrogen and oxygen atoms in total. The second kappa shape index (κ2) is 9.09. The van der Waals surface area contributed by atoms with Gasteiger partial charge in [0.2, 0.25) is 5.91 Å². The van der Waals surface area contributed by atoms with Gasteiger partial charge in [0.25, 0.3) is 5.56 Å². The average molecular weight is 474 g/mol. The summed E-state index contributed by atoms with van der Waals surface area (Å²) < 4.78 is 15.1. The van der Waals surface area contributed by atoms with E-state index in [1.807, 2.05) is 0 Å². The number of nitrogens with zero attached hydrogens (tertiary/aromatic N) is 2. The number of hydrogen-bond acceptors (Lipinski definition) is 4. The molecule has 156 valence electrons. The second-order valence-electron chi connectivity index (χ2n) is 6.46. The van der Waals surface area contributed by atoms with Gasteiger partial charge in [0, 0.05) is 5.02 Å². The van der Waals surface area contributed by atoms with Crippen LogP contribution in [-0.2, 0) is 4.79 Å². The minimum absolute atomic E-state index is 0.0812. The fourth-order valence-electron chi connectivity index (χ4n) is 2.96. The van der Waals surface area contributed by atoms with E-state index in [0.29, 0.717) is 21.6 Å². The topological polar surface area (TPSA) is 64.0 Å². The van der Waals surface area contributed by atoms with Crippen LogP contribution in [-0.4, -0.2) is 21.2 Å². The number of hydrogen-bond donors (Lipinski definition) is 1. The molecule has 0 radical (unpaired) electrons. The predicted molar refractivity (Wildman–Crippen MR) is 123 cm³/mol. The van der Waals surface area contributed by atoms with E-state index >= 15 is 0 Å². The van der Waals surface area contributed by atoms with Crippen molar-refractivity contribution in [2.45, 2.75) is 5.16 Å². The molecule has 0 fully saturated rings. The van der Waals surface area contributed by atoms with Crippen molar-refractivity contribution in [3.8, 4) is 5.69 Å². The largest absolute Gasteiger partial charge is 0.323 e. The van der Waals surface area contributed by atoms with Gasteiger partial charge in [0.1, 0.15) is 5.82 Å². The van der Waals surface area contributed by atoms with Gasteiger partial charge >= 0.3 is 0 Å². The third-order valence-electron chi connectivity index (χ3n) is 4.38. The Morgan fingerprint density at radius 3 is 2.58 bits per heavy atom. The lowest BCUT2D eigenvalue weighted by Crippen LogP contribution is -2.23. The zero-order chi connectivity index (χ0) is 22.0. The van der Waals surface area contributed by atoms with E-state index in [9.17, 15) is 14.0 Å². The van der Waals surface area contributed by atoms with Crippen molar-refractivity contribution in [3.05, 3.63) is 92.9 Å². The number of para-hydroxylation sites is 2. The molecule has 0 bridgehead atoms. The van der Waals surface area contributed by atoms with Gasteiger partial charge in [-0.25, -0.2) is 9.37 Å². The lowest BCUT2D eigenvalue weighted by molar-refractivity contribution is -0.113. The quantitative estimate of drug-likeness (QED) is 0.304. The van der Waals surface area contributed by atoms with Crippen LogP contribution in [0.4, 0.5) is 10.1 Å². The number of fused-ring (bicyclic) bond motifs is 1. The Balaban J connectivity index is 1.72. The summed E-state index contributed by atoms with van der Waals surface area (Å²) in [6, 6.07) is 17.5. The summed E-state index contributed by atoms with van der Waals surface area (Å²) in [7, 11) is 0. The van der Waals surface area contributed by atoms with E-state index in [1.165, 1.54) is 28.8 Å². The van der Waals surface area contributed by atoms with Crippen LogP contribution in [0.1, 0.15) is 0 Å². The van der Waals surface area contributed by atoms with Crippen LogP contribution in [0.2, 0.25) is 10.0 Å². The number of thioether (sulfide) groups is 1. The first-order valence-corrected chi connectivity index (χ1v) is 10.8.